The van der Waals surface area contributed by atoms with Gasteiger partial charge in [0.05, 0.1) is 12.2 Å². The number of para-hydroxylation sites is 1. The van der Waals surface area contributed by atoms with E-state index in [0.717, 1.165) is 16.9 Å². The minimum atomic E-state index is -0.0902. The summed E-state index contributed by atoms with van der Waals surface area (Å²) in [7, 11) is 0. The number of carbonyl (C=O) groups is 1. The third-order valence-corrected chi connectivity index (χ3v) is 4.01. The maximum atomic E-state index is 12.6. The van der Waals surface area contributed by atoms with Crippen LogP contribution in [0, 0.1) is 0 Å². The molecule has 0 radical (unpaired) electrons. The van der Waals surface area contributed by atoms with Crippen LogP contribution in [-0.4, -0.2) is 12.4 Å². The van der Waals surface area contributed by atoms with Crippen molar-refractivity contribution < 1.29 is 14.3 Å². The molecule has 0 heterocycles. The number of carbonyl (C=O) groups excluding carboxylic acids is 1. The minimum absolute atomic E-state index is 0.0902. The monoisotopic (exact) mass is 358 g/mol. The molecule has 0 saturated carbocycles. The van der Waals surface area contributed by atoms with Gasteiger partial charge in [0, 0.05) is 0 Å². The molecule has 0 bridgehead atoms. The van der Waals surface area contributed by atoms with Crippen LogP contribution in [0.5, 0.6) is 11.5 Å². The van der Waals surface area contributed by atoms with Gasteiger partial charge in [0.1, 0.15) is 18.1 Å². The molecule has 136 valence electrons. The summed E-state index contributed by atoms with van der Waals surface area (Å²) in [5, 5.41) is 0. The first-order valence-electron chi connectivity index (χ1n) is 8.97. The molecule has 27 heavy (non-hydrogen) atoms. The quantitative estimate of drug-likeness (QED) is 0.391. The molecule has 0 aliphatic heterocycles. The molecule has 0 atom stereocenters. The van der Waals surface area contributed by atoms with Gasteiger partial charge in [-0.1, -0.05) is 60.7 Å². The van der Waals surface area contributed by atoms with E-state index in [4.69, 9.17) is 9.47 Å². The maximum absolute atomic E-state index is 12.6. The Hall–Kier alpha value is -3.33. The highest BCUT2D eigenvalue weighted by atomic mass is 16.5. The van der Waals surface area contributed by atoms with E-state index in [9.17, 15) is 4.79 Å². The van der Waals surface area contributed by atoms with Crippen LogP contribution < -0.4 is 9.47 Å². The number of hydrogen-bond acceptors (Lipinski definition) is 3. The van der Waals surface area contributed by atoms with E-state index >= 15 is 0 Å². The first-order valence-corrected chi connectivity index (χ1v) is 8.97. The van der Waals surface area contributed by atoms with Gasteiger partial charge in [-0.15, -0.1) is 0 Å². The van der Waals surface area contributed by atoms with Crippen LogP contribution in [0.1, 0.15) is 28.4 Å². The number of ether oxygens (including phenoxy) is 2. The number of benzene rings is 3. The summed E-state index contributed by atoms with van der Waals surface area (Å²) >= 11 is 0. The molecule has 0 fully saturated rings. The Kier molecular flexibility index (Phi) is 6.42. The average molecular weight is 358 g/mol. The number of allylic oxidation sites excluding steroid dienone is 1. The lowest BCUT2D eigenvalue weighted by atomic mass is 10.1. The average Bonchev–Trinajstić information content (AvgIpc) is 2.73. The summed E-state index contributed by atoms with van der Waals surface area (Å²) in [4.78, 5) is 12.6. The summed E-state index contributed by atoms with van der Waals surface area (Å²) in [6.07, 6.45) is 3.37. The largest absolute Gasteiger partial charge is 0.494 e. The molecule has 0 saturated heterocycles. The predicted molar refractivity (Wildman–Crippen MR) is 108 cm³/mol. The summed E-state index contributed by atoms with van der Waals surface area (Å²) in [6, 6.07) is 24.8. The minimum Gasteiger partial charge on any atom is -0.494 e. The highest BCUT2D eigenvalue weighted by molar-refractivity contribution is 6.08. The second-order valence-corrected chi connectivity index (χ2v) is 5.97. The molecule has 0 aromatic heterocycles. The van der Waals surface area contributed by atoms with Gasteiger partial charge in [-0.3, -0.25) is 4.79 Å². The zero-order chi connectivity index (χ0) is 18.9. The van der Waals surface area contributed by atoms with Crippen LogP contribution in [0.3, 0.4) is 0 Å². The second kappa shape index (κ2) is 9.39. The molecule has 3 nitrogen and oxygen atoms in total. The lowest BCUT2D eigenvalue weighted by molar-refractivity contribution is 0.104. The molecular weight excluding hydrogens is 336 g/mol. The van der Waals surface area contributed by atoms with E-state index in [2.05, 4.69) is 0 Å². The second-order valence-electron chi connectivity index (χ2n) is 5.97. The lowest BCUT2D eigenvalue weighted by Crippen LogP contribution is -2.02. The topological polar surface area (TPSA) is 35.5 Å². The first kappa shape index (κ1) is 18.5. The van der Waals surface area contributed by atoms with E-state index in [1.54, 1.807) is 18.2 Å². The Bertz CT molecular complexity index is 896. The van der Waals surface area contributed by atoms with Crippen LogP contribution in [0.25, 0.3) is 6.08 Å². The van der Waals surface area contributed by atoms with Crippen LogP contribution in [0.15, 0.2) is 84.9 Å². The van der Waals surface area contributed by atoms with Crippen molar-refractivity contribution >= 4 is 11.9 Å². The standard InChI is InChI=1S/C24H22O3/c1-2-26-21-15-12-19(13-16-21)14-17-23(25)22-10-6-7-11-24(22)27-18-20-8-4-3-5-9-20/h3-17H,2,18H2,1H3/b17-14+. The Balaban J connectivity index is 1.69. The molecular formula is C24H22O3. The van der Waals surface area contributed by atoms with Crippen LogP contribution >= 0.6 is 0 Å². The predicted octanol–water partition coefficient (Wildman–Crippen LogP) is 5.56. The molecule has 0 aliphatic carbocycles. The summed E-state index contributed by atoms with van der Waals surface area (Å²) in [6.45, 7) is 3.00. The molecule has 0 aliphatic rings. The number of hydrogen-bond donors (Lipinski definition) is 0. The Labute approximate surface area is 159 Å². The fraction of sp³-hybridized carbons (Fsp3) is 0.125. The van der Waals surface area contributed by atoms with Gasteiger partial charge in [-0.2, -0.15) is 0 Å². The molecule has 0 N–H and O–H groups in total. The van der Waals surface area contributed by atoms with Gasteiger partial charge < -0.3 is 9.47 Å². The van der Waals surface area contributed by atoms with Crippen molar-refractivity contribution in [3.63, 3.8) is 0 Å². The van der Waals surface area contributed by atoms with E-state index in [1.165, 1.54) is 0 Å². The molecule has 0 amide bonds. The van der Waals surface area contributed by atoms with E-state index < -0.39 is 0 Å². The Morgan fingerprint density at radius 3 is 2.30 bits per heavy atom. The van der Waals surface area contributed by atoms with E-state index in [0.29, 0.717) is 24.5 Å². The maximum Gasteiger partial charge on any atom is 0.189 e. The fourth-order valence-corrected chi connectivity index (χ4v) is 2.63. The van der Waals surface area contributed by atoms with Crippen molar-refractivity contribution in [2.24, 2.45) is 0 Å². The molecule has 3 aromatic carbocycles. The lowest BCUT2D eigenvalue weighted by Gasteiger charge is -2.09. The fourth-order valence-electron chi connectivity index (χ4n) is 2.63. The Morgan fingerprint density at radius 1 is 0.852 bits per heavy atom. The smallest absolute Gasteiger partial charge is 0.189 e. The summed E-state index contributed by atoms with van der Waals surface area (Å²) < 4.78 is 11.3. The summed E-state index contributed by atoms with van der Waals surface area (Å²) in [5.41, 5.74) is 2.55. The number of ketones is 1. The van der Waals surface area contributed by atoms with Crippen molar-refractivity contribution in [2.45, 2.75) is 13.5 Å². The van der Waals surface area contributed by atoms with Crippen molar-refractivity contribution in [2.75, 3.05) is 6.61 Å². The van der Waals surface area contributed by atoms with E-state index in [1.807, 2.05) is 79.7 Å². The van der Waals surface area contributed by atoms with Crippen molar-refractivity contribution in [1.82, 2.24) is 0 Å². The molecule has 0 spiro atoms. The van der Waals surface area contributed by atoms with Gasteiger partial charge in [0.2, 0.25) is 0 Å². The normalized spacial score (nSPS) is 10.7. The van der Waals surface area contributed by atoms with Gasteiger partial charge in [-0.25, -0.2) is 0 Å². The number of rotatable bonds is 8. The van der Waals surface area contributed by atoms with Crippen molar-refractivity contribution in [1.29, 1.82) is 0 Å². The molecule has 3 heteroatoms. The Morgan fingerprint density at radius 2 is 1.56 bits per heavy atom. The highest BCUT2D eigenvalue weighted by Crippen LogP contribution is 2.21. The molecule has 3 aromatic rings. The van der Waals surface area contributed by atoms with Crippen LogP contribution in [0.2, 0.25) is 0 Å². The van der Waals surface area contributed by atoms with Crippen molar-refractivity contribution in [3.8, 4) is 11.5 Å². The van der Waals surface area contributed by atoms with Crippen molar-refractivity contribution in [3.05, 3.63) is 102 Å². The third kappa shape index (κ3) is 5.32. The molecule has 3 rings (SSSR count). The SMILES string of the molecule is CCOc1ccc(/C=C/C(=O)c2ccccc2OCc2ccccc2)cc1. The summed E-state index contributed by atoms with van der Waals surface area (Å²) in [5.74, 6) is 1.32. The van der Waals surface area contributed by atoms with Crippen LogP contribution in [0.4, 0.5) is 0 Å². The first-order chi connectivity index (χ1) is 13.3. The van der Waals surface area contributed by atoms with E-state index in [-0.39, 0.29) is 5.78 Å². The third-order valence-electron chi connectivity index (χ3n) is 4.01. The van der Waals surface area contributed by atoms with Gasteiger partial charge in [0.25, 0.3) is 0 Å². The van der Waals surface area contributed by atoms with Gasteiger partial charge >= 0.3 is 0 Å². The molecule has 0 unspecified atom stereocenters. The zero-order valence-corrected chi connectivity index (χ0v) is 15.3. The highest BCUT2D eigenvalue weighted by Gasteiger charge is 2.09. The van der Waals surface area contributed by atoms with Crippen LogP contribution in [-0.2, 0) is 6.61 Å². The zero-order valence-electron chi connectivity index (χ0n) is 15.3. The van der Waals surface area contributed by atoms with Gasteiger partial charge in [-0.05, 0) is 48.4 Å². The van der Waals surface area contributed by atoms with Gasteiger partial charge in [0.15, 0.2) is 5.78 Å².